The molecule has 0 aliphatic carbocycles. The van der Waals surface area contributed by atoms with Crippen molar-refractivity contribution in [1.82, 2.24) is 40.6 Å². The van der Waals surface area contributed by atoms with Crippen LogP contribution in [0.1, 0.15) is 19.3 Å². The maximum absolute atomic E-state index is 13.0. The fourth-order valence-corrected chi connectivity index (χ4v) is 6.81. The van der Waals surface area contributed by atoms with Crippen molar-refractivity contribution in [3.05, 3.63) is 41.6 Å². The van der Waals surface area contributed by atoms with Crippen LogP contribution in [0.2, 0.25) is 0 Å². The van der Waals surface area contributed by atoms with Gasteiger partial charge in [0.1, 0.15) is 28.9 Å². The van der Waals surface area contributed by atoms with E-state index in [1.807, 2.05) is 19.0 Å². The number of carboxylic acid groups (broad SMARTS) is 2. The monoisotopic (exact) mass is 648 g/mol. The van der Waals surface area contributed by atoms with Crippen molar-refractivity contribution in [3.63, 3.8) is 0 Å². The number of aromatic nitrogens is 4. The fraction of sp³-hybridized carbons (Fsp3) is 0.462. The highest BCUT2D eigenvalue weighted by Crippen LogP contribution is 2.41. The first-order valence-electron chi connectivity index (χ1n) is 13.5. The second kappa shape index (κ2) is 15.0. The van der Waals surface area contributed by atoms with Crippen LogP contribution >= 0.6 is 23.5 Å². The Kier molecular flexibility index (Phi) is 11.2. The van der Waals surface area contributed by atoms with E-state index in [0.717, 1.165) is 6.54 Å². The van der Waals surface area contributed by atoms with Gasteiger partial charge in [0.05, 0.1) is 6.54 Å². The number of carbonyl (C=O) groups excluding carboxylic acids is 3. The van der Waals surface area contributed by atoms with Crippen LogP contribution in [0.15, 0.2) is 46.8 Å². The van der Waals surface area contributed by atoms with E-state index in [1.165, 1.54) is 28.4 Å². The predicted molar refractivity (Wildman–Crippen MR) is 158 cm³/mol. The van der Waals surface area contributed by atoms with Crippen LogP contribution in [0.25, 0.3) is 0 Å². The topological polar surface area (TPSA) is 209 Å². The third kappa shape index (κ3) is 8.26. The number of amides is 3. The maximum Gasteiger partial charge on any atom is 0.413 e. The summed E-state index contributed by atoms with van der Waals surface area (Å²) in [6.45, 7) is 1.28. The number of fused-ring (bicyclic) bond motifs is 1. The number of likely N-dealkylation sites (N-methyl/N-ethyl adjacent to an activating group) is 1. The summed E-state index contributed by atoms with van der Waals surface area (Å²) in [4.78, 5) is 64.6. The van der Waals surface area contributed by atoms with Crippen LogP contribution in [0.5, 0.6) is 5.75 Å². The number of para-hydroxylation sites is 1. The lowest BCUT2D eigenvalue weighted by atomic mass is 10.0. The molecule has 3 atom stereocenters. The average molecular weight is 649 g/mol. The molecule has 18 heteroatoms. The lowest BCUT2D eigenvalue weighted by molar-refractivity contribution is -0.150. The zero-order valence-electron chi connectivity index (χ0n) is 23.9. The summed E-state index contributed by atoms with van der Waals surface area (Å²) in [6, 6.07) is 5.94. The predicted octanol–water partition coefficient (Wildman–Crippen LogP) is 0.478. The molecule has 0 unspecified atom stereocenters. The molecule has 0 saturated carbocycles. The van der Waals surface area contributed by atoms with Gasteiger partial charge in [0, 0.05) is 24.5 Å². The number of rotatable bonds is 15. The SMILES string of the molecule is CN(C)CCn1nnnc1SCC1=C(C(=O)O)N2C(=O)[C@@H](NC(=O)CCC[C@@H](NC(=O)Oc3ccccc3)C(=O)O)[C@H]2SC1. The molecule has 0 spiro atoms. The number of aliphatic carboxylic acids is 2. The van der Waals surface area contributed by atoms with Crippen molar-refractivity contribution < 1.29 is 38.9 Å². The molecule has 0 bridgehead atoms. The van der Waals surface area contributed by atoms with Crippen LogP contribution in [0.4, 0.5) is 4.79 Å². The van der Waals surface area contributed by atoms with E-state index in [0.29, 0.717) is 23.0 Å². The van der Waals surface area contributed by atoms with Gasteiger partial charge in [-0.25, -0.2) is 19.1 Å². The largest absolute Gasteiger partial charge is 0.480 e. The molecule has 2 aliphatic heterocycles. The van der Waals surface area contributed by atoms with E-state index in [1.54, 1.807) is 35.0 Å². The minimum Gasteiger partial charge on any atom is -0.480 e. The first-order chi connectivity index (χ1) is 21.0. The third-order valence-electron chi connectivity index (χ3n) is 6.64. The normalized spacial score (nSPS) is 18.3. The van der Waals surface area contributed by atoms with Gasteiger partial charge in [-0.1, -0.05) is 30.0 Å². The zero-order valence-corrected chi connectivity index (χ0v) is 25.5. The van der Waals surface area contributed by atoms with Gasteiger partial charge in [0.25, 0.3) is 5.91 Å². The maximum atomic E-state index is 13.0. The minimum atomic E-state index is -1.29. The van der Waals surface area contributed by atoms with Crippen molar-refractivity contribution in [1.29, 1.82) is 0 Å². The van der Waals surface area contributed by atoms with Crippen LogP contribution in [0, 0.1) is 0 Å². The molecule has 236 valence electrons. The van der Waals surface area contributed by atoms with Crippen LogP contribution in [-0.4, -0.2) is 120 Å². The lowest BCUT2D eigenvalue weighted by Gasteiger charge is -2.49. The number of tetrazole rings is 1. The Labute approximate surface area is 260 Å². The molecule has 2 aromatic rings. The van der Waals surface area contributed by atoms with Crippen molar-refractivity contribution in [3.8, 4) is 5.75 Å². The van der Waals surface area contributed by atoms with Crippen LogP contribution < -0.4 is 15.4 Å². The van der Waals surface area contributed by atoms with Crippen LogP contribution in [-0.2, 0) is 25.7 Å². The summed E-state index contributed by atoms with van der Waals surface area (Å²) in [5, 5.41) is 35.9. The lowest BCUT2D eigenvalue weighted by Crippen LogP contribution is -2.70. The highest BCUT2D eigenvalue weighted by Gasteiger charge is 2.54. The quantitative estimate of drug-likeness (QED) is 0.153. The summed E-state index contributed by atoms with van der Waals surface area (Å²) in [5.74, 6) is -2.72. The fourth-order valence-electron chi connectivity index (χ4n) is 4.42. The summed E-state index contributed by atoms with van der Waals surface area (Å²) >= 11 is 2.62. The second-order valence-corrected chi connectivity index (χ2v) is 12.2. The van der Waals surface area contributed by atoms with E-state index in [2.05, 4.69) is 26.2 Å². The van der Waals surface area contributed by atoms with Gasteiger partial charge in [-0.2, -0.15) is 0 Å². The number of carboxylic acids is 2. The zero-order chi connectivity index (χ0) is 31.8. The highest BCUT2D eigenvalue weighted by atomic mass is 32.2. The molecule has 1 fully saturated rings. The van der Waals surface area contributed by atoms with Crippen molar-refractivity contribution >= 4 is 53.4 Å². The molecule has 3 amide bonds. The van der Waals surface area contributed by atoms with Gasteiger partial charge in [0.2, 0.25) is 11.1 Å². The molecule has 1 saturated heterocycles. The van der Waals surface area contributed by atoms with E-state index < -0.39 is 47.3 Å². The molecular weight excluding hydrogens is 616 g/mol. The Morgan fingerprint density at radius 1 is 1.20 bits per heavy atom. The van der Waals surface area contributed by atoms with Gasteiger partial charge < -0.3 is 30.5 Å². The summed E-state index contributed by atoms with van der Waals surface area (Å²) in [7, 11) is 3.86. The standard InChI is InChI=1S/C26H32N8O8S2/c1-32(2)11-12-33-25(29-30-31-33)44-14-15-13-43-22-19(21(36)34(22)20(15)24(39)40)28-18(35)10-6-9-17(23(37)38)27-26(41)42-16-7-4-3-5-8-16/h3-5,7-8,17,19,22H,6,9-14H2,1-2H3,(H,27,41)(H,28,35)(H,37,38)(H,39,40)/t17-,19-,22-/m1/s1. The Balaban J connectivity index is 1.27. The highest BCUT2D eigenvalue weighted by molar-refractivity contribution is 8.01. The molecule has 4 rings (SSSR count). The molecular formula is C26H32N8O8S2. The third-order valence-corrected chi connectivity index (χ3v) is 9.02. The van der Waals surface area contributed by atoms with Gasteiger partial charge in [-0.05, 0) is 55.1 Å². The van der Waals surface area contributed by atoms with Gasteiger partial charge in [-0.15, -0.1) is 16.9 Å². The van der Waals surface area contributed by atoms with E-state index in [4.69, 9.17) is 4.74 Å². The number of benzene rings is 1. The summed E-state index contributed by atoms with van der Waals surface area (Å²) in [6.07, 6.45) is -0.995. The smallest absolute Gasteiger partial charge is 0.413 e. The summed E-state index contributed by atoms with van der Waals surface area (Å²) < 4.78 is 6.69. The van der Waals surface area contributed by atoms with E-state index >= 15 is 0 Å². The number of hydrogen-bond acceptors (Lipinski definition) is 12. The number of hydrogen-bond donors (Lipinski definition) is 4. The number of nitrogens with zero attached hydrogens (tertiary/aromatic N) is 6. The number of β-lactam (4-membered cyclic amide) rings is 1. The Morgan fingerprint density at radius 3 is 2.64 bits per heavy atom. The molecule has 4 N–H and O–H groups in total. The molecule has 0 radical (unpaired) electrons. The van der Waals surface area contributed by atoms with Crippen molar-refractivity contribution in [2.24, 2.45) is 0 Å². The number of ether oxygens (including phenoxy) is 1. The van der Waals surface area contributed by atoms with Crippen molar-refractivity contribution in [2.45, 2.75) is 48.4 Å². The number of carbonyl (C=O) groups is 5. The molecule has 3 heterocycles. The summed E-state index contributed by atoms with van der Waals surface area (Å²) in [5.41, 5.74) is 0.434. The Bertz CT molecular complexity index is 1420. The van der Waals surface area contributed by atoms with Crippen LogP contribution in [0.3, 0.4) is 0 Å². The van der Waals surface area contributed by atoms with Gasteiger partial charge >= 0.3 is 18.0 Å². The van der Waals surface area contributed by atoms with Crippen molar-refractivity contribution in [2.75, 3.05) is 32.1 Å². The first-order valence-corrected chi connectivity index (χ1v) is 15.6. The molecule has 1 aromatic heterocycles. The van der Waals surface area contributed by atoms with Gasteiger partial charge in [-0.3, -0.25) is 14.5 Å². The molecule has 1 aromatic carbocycles. The number of thioether (sulfide) groups is 2. The average Bonchev–Trinajstić information content (AvgIpc) is 3.44. The minimum absolute atomic E-state index is 0.0547. The number of nitrogens with one attached hydrogen (secondary N) is 2. The van der Waals surface area contributed by atoms with E-state index in [9.17, 15) is 34.2 Å². The second-order valence-electron chi connectivity index (χ2n) is 10.1. The molecule has 16 nitrogen and oxygen atoms in total. The Hall–Kier alpha value is -4.16. The molecule has 44 heavy (non-hydrogen) atoms. The first kappa shape index (κ1) is 32.7. The van der Waals surface area contributed by atoms with E-state index in [-0.39, 0.29) is 36.5 Å². The van der Waals surface area contributed by atoms with Gasteiger partial charge in [0.15, 0.2) is 0 Å². The molecule has 2 aliphatic rings. The Morgan fingerprint density at radius 2 is 1.95 bits per heavy atom.